The van der Waals surface area contributed by atoms with Crippen molar-refractivity contribution in [3.05, 3.63) is 30.2 Å². The van der Waals surface area contributed by atoms with Crippen LogP contribution in [0.2, 0.25) is 0 Å². The third kappa shape index (κ3) is 1.79. The summed E-state index contributed by atoms with van der Waals surface area (Å²) in [7, 11) is -3.50. The number of aromatic nitrogens is 3. The number of furan rings is 1. The maximum atomic E-state index is 12.4. The molecule has 8 heteroatoms. The largest absolute Gasteiger partial charge is 0.471 e. The van der Waals surface area contributed by atoms with Gasteiger partial charge in [-0.2, -0.15) is 4.31 Å². The molecule has 1 aliphatic carbocycles. The van der Waals surface area contributed by atoms with Gasteiger partial charge in [0.2, 0.25) is 10.0 Å². The summed E-state index contributed by atoms with van der Waals surface area (Å²) in [6, 6.07) is 1.46. The standard InChI is InChI=1S/C12H14N4O3S/c17-20(18,10-3-6-19-8-10)15-4-5-16-11(7-15)13-14-12(16)9-1-2-9/h3,6,8-9H,1-2,4-5,7H2. The van der Waals surface area contributed by atoms with Crippen molar-refractivity contribution in [2.24, 2.45) is 0 Å². The molecule has 2 aromatic heterocycles. The van der Waals surface area contributed by atoms with Gasteiger partial charge >= 0.3 is 0 Å². The van der Waals surface area contributed by atoms with Crippen LogP contribution < -0.4 is 0 Å². The summed E-state index contributed by atoms with van der Waals surface area (Å²) >= 11 is 0. The molecule has 0 atom stereocenters. The topological polar surface area (TPSA) is 81.2 Å². The zero-order valence-electron chi connectivity index (χ0n) is 10.8. The molecule has 0 saturated heterocycles. The van der Waals surface area contributed by atoms with Crippen molar-refractivity contribution in [3.63, 3.8) is 0 Å². The van der Waals surface area contributed by atoms with Gasteiger partial charge in [0.15, 0.2) is 0 Å². The van der Waals surface area contributed by atoms with E-state index in [4.69, 9.17) is 4.42 Å². The van der Waals surface area contributed by atoms with Gasteiger partial charge in [-0.15, -0.1) is 10.2 Å². The second-order valence-corrected chi connectivity index (χ2v) is 7.14. The van der Waals surface area contributed by atoms with Crippen molar-refractivity contribution in [2.75, 3.05) is 6.54 Å². The lowest BCUT2D eigenvalue weighted by Crippen LogP contribution is -2.38. The molecule has 0 spiro atoms. The van der Waals surface area contributed by atoms with Crippen LogP contribution in [0.5, 0.6) is 0 Å². The first kappa shape index (κ1) is 12.1. The van der Waals surface area contributed by atoms with E-state index in [0.29, 0.717) is 19.0 Å². The second kappa shape index (κ2) is 4.16. The van der Waals surface area contributed by atoms with Gasteiger partial charge in [-0.1, -0.05) is 0 Å². The van der Waals surface area contributed by atoms with Crippen LogP contribution in [0, 0.1) is 0 Å². The van der Waals surface area contributed by atoms with E-state index < -0.39 is 10.0 Å². The van der Waals surface area contributed by atoms with Crippen molar-refractivity contribution < 1.29 is 12.8 Å². The maximum Gasteiger partial charge on any atom is 0.246 e. The maximum absolute atomic E-state index is 12.4. The van der Waals surface area contributed by atoms with Crippen molar-refractivity contribution in [1.82, 2.24) is 19.1 Å². The zero-order valence-corrected chi connectivity index (χ0v) is 11.6. The summed E-state index contributed by atoms with van der Waals surface area (Å²) in [4.78, 5) is 0.188. The Morgan fingerprint density at radius 2 is 2.10 bits per heavy atom. The van der Waals surface area contributed by atoms with E-state index in [1.54, 1.807) is 0 Å². The number of hydrogen-bond donors (Lipinski definition) is 0. The molecular formula is C12H14N4O3S. The Labute approximate surface area is 116 Å². The van der Waals surface area contributed by atoms with E-state index in [9.17, 15) is 8.42 Å². The molecule has 0 radical (unpaired) electrons. The van der Waals surface area contributed by atoms with Gasteiger partial charge in [0.25, 0.3) is 0 Å². The smallest absolute Gasteiger partial charge is 0.246 e. The van der Waals surface area contributed by atoms with Gasteiger partial charge in [-0.25, -0.2) is 8.42 Å². The number of fused-ring (bicyclic) bond motifs is 1. The first-order valence-electron chi connectivity index (χ1n) is 6.60. The Balaban J connectivity index is 1.64. The molecule has 106 valence electrons. The van der Waals surface area contributed by atoms with Crippen molar-refractivity contribution >= 4 is 10.0 Å². The zero-order chi connectivity index (χ0) is 13.7. The average Bonchev–Trinajstić information content (AvgIpc) is 2.99. The van der Waals surface area contributed by atoms with Crippen LogP contribution in [0.15, 0.2) is 27.9 Å². The van der Waals surface area contributed by atoms with Crippen LogP contribution in [-0.4, -0.2) is 34.0 Å². The second-order valence-electron chi connectivity index (χ2n) is 5.20. The molecular weight excluding hydrogens is 280 g/mol. The predicted octanol–water partition coefficient (Wildman–Crippen LogP) is 0.953. The minimum absolute atomic E-state index is 0.188. The molecule has 0 aromatic carbocycles. The van der Waals surface area contributed by atoms with Gasteiger partial charge in [-0.3, -0.25) is 0 Å². The molecule has 0 amide bonds. The van der Waals surface area contributed by atoms with Gasteiger partial charge in [-0.05, 0) is 18.9 Å². The van der Waals surface area contributed by atoms with Crippen LogP contribution in [0.3, 0.4) is 0 Å². The Hall–Kier alpha value is -1.67. The number of rotatable bonds is 3. The highest BCUT2D eigenvalue weighted by Crippen LogP contribution is 2.39. The predicted molar refractivity (Wildman–Crippen MR) is 68.3 cm³/mol. The number of sulfonamides is 1. The van der Waals surface area contributed by atoms with Crippen molar-refractivity contribution in [1.29, 1.82) is 0 Å². The molecule has 3 heterocycles. The van der Waals surface area contributed by atoms with Gasteiger partial charge in [0.1, 0.15) is 22.8 Å². The molecule has 1 saturated carbocycles. The number of nitrogens with zero attached hydrogens (tertiary/aromatic N) is 4. The highest BCUT2D eigenvalue weighted by Gasteiger charge is 2.35. The Morgan fingerprint density at radius 3 is 2.80 bits per heavy atom. The van der Waals surface area contributed by atoms with E-state index in [1.165, 1.54) is 22.9 Å². The molecule has 20 heavy (non-hydrogen) atoms. The van der Waals surface area contributed by atoms with E-state index in [2.05, 4.69) is 14.8 Å². The molecule has 0 unspecified atom stereocenters. The lowest BCUT2D eigenvalue weighted by atomic mass is 10.3. The quantitative estimate of drug-likeness (QED) is 0.842. The first-order valence-corrected chi connectivity index (χ1v) is 8.04. The fraction of sp³-hybridized carbons (Fsp3) is 0.500. The van der Waals surface area contributed by atoms with Crippen LogP contribution in [0.1, 0.15) is 30.4 Å². The van der Waals surface area contributed by atoms with Crippen LogP contribution in [0.4, 0.5) is 0 Å². The van der Waals surface area contributed by atoms with Gasteiger partial charge in [0.05, 0.1) is 12.8 Å². The van der Waals surface area contributed by atoms with Crippen molar-refractivity contribution in [2.45, 2.75) is 36.7 Å². The summed E-state index contributed by atoms with van der Waals surface area (Å²) in [6.07, 6.45) is 4.94. The van der Waals surface area contributed by atoms with Crippen LogP contribution >= 0.6 is 0 Å². The highest BCUT2D eigenvalue weighted by molar-refractivity contribution is 7.89. The van der Waals surface area contributed by atoms with E-state index in [1.807, 2.05) is 0 Å². The molecule has 7 nitrogen and oxygen atoms in total. The third-order valence-electron chi connectivity index (χ3n) is 3.82. The van der Waals surface area contributed by atoms with Gasteiger partial charge in [0, 0.05) is 19.0 Å². The minimum atomic E-state index is -3.50. The lowest BCUT2D eigenvalue weighted by molar-refractivity contribution is 0.331. The molecule has 4 rings (SSSR count). The monoisotopic (exact) mass is 294 g/mol. The SMILES string of the molecule is O=S(=O)(c1ccoc1)N1CCn2c(nnc2C2CC2)C1. The lowest BCUT2D eigenvalue weighted by Gasteiger charge is -2.26. The van der Waals surface area contributed by atoms with Crippen LogP contribution in [-0.2, 0) is 23.1 Å². The normalized spacial score (nSPS) is 20.0. The Morgan fingerprint density at radius 1 is 1.25 bits per heavy atom. The Bertz CT molecular complexity index is 731. The Kier molecular flexibility index (Phi) is 2.52. The average molecular weight is 294 g/mol. The first-order chi connectivity index (χ1) is 9.66. The minimum Gasteiger partial charge on any atom is -0.471 e. The van der Waals surface area contributed by atoms with E-state index in [-0.39, 0.29) is 11.4 Å². The fourth-order valence-electron chi connectivity index (χ4n) is 2.55. The summed E-state index contributed by atoms with van der Waals surface area (Å²) < 4.78 is 33.2. The van der Waals surface area contributed by atoms with E-state index in [0.717, 1.165) is 24.5 Å². The fourth-order valence-corrected chi connectivity index (χ4v) is 3.86. The summed E-state index contributed by atoms with van der Waals surface area (Å²) in [5.41, 5.74) is 0. The summed E-state index contributed by atoms with van der Waals surface area (Å²) in [5, 5.41) is 8.36. The molecule has 1 fully saturated rings. The molecule has 1 aliphatic heterocycles. The third-order valence-corrected chi connectivity index (χ3v) is 5.64. The van der Waals surface area contributed by atoms with E-state index >= 15 is 0 Å². The van der Waals surface area contributed by atoms with Crippen LogP contribution in [0.25, 0.3) is 0 Å². The summed E-state index contributed by atoms with van der Waals surface area (Å²) in [5.74, 6) is 2.26. The molecule has 0 N–H and O–H groups in total. The molecule has 2 aromatic rings. The summed E-state index contributed by atoms with van der Waals surface area (Å²) in [6.45, 7) is 1.33. The van der Waals surface area contributed by atoms with Gasteiger partial charge < -0.3 is 8.98 Å². The molecule has 0 bridgehead atoms. The molecule has 2 aliphatic rings. The number of hydrogen-bond acceptors (Lipinski definition) is 5. The van der Waals surface area contributed by atoms with Crippen molar-refractivity contribution in [3.8, 4) is 0 Å². The highest BCUT2D eigenvalue weighted by atomic mass is 32.2.